The number of esters is 4. The van der Waals surface area contributed by atoms with E-state index >= 15 is 0 Å². The van der Waals surface area contributed by atoms with E-state index in [1.165, 1.54) is 205 Å². The number of carbonyl (C=O) groups excluding carboxylic acids is 4. The lowest BCUT2D eigenvalue weighted by Crippen LogP contribution is -2.30. The van der Waals surface area contributed by atoms with Crippen LogP contribution < -0.4 is 0 Å². The third-order valence-corrected chi connectivity index (χ3v) is 20.4. The molecule has 3 unspecified atom stereocenters. The number of aliphatic hydroxyl groups excluding tert-OH is 1. The van der Waals surface area contributed by atoms with Crippen molar-refractivity contribution in [2.45, 2.75) is 420 Å². The average Bonchev–Trinajstić information content (AvgIpc) is 2.17. The second kappa shape index (κ2) is 68.5. The van der Waals surface area contributed by atoms with E-state index in [9.17, 15) is 43.2 Å². The molecule has 19 heteroatoms. The molecule has 0 rings (SSSR count). The molecular formula is C78H152O17P2. The fourth-order valence-corrected chi connectivity index (χ4v) is 13.5. The van der Waals surface area contributed by atoms with E-state index in [1.807, 2.05) is 0 Å². The molecule has 0 aromatic heterocycles. The molecule has 0 amide bonds. The van der Waals surface area contributed by atoms with Crippen molar-refractivity contribution in [3.05, 3.63) is 0 Å². The smallest absolute Gasteiger partial charge is 0.462 e. The van der Waals surface area contributed by atoms with Crippen LogP contribution in [0.1, 0.15) is 402 Å². The van der Waals surface area contributed by atoms with Gasteiger partial charge in [0.05, 0.1) is 26.4 Å². The highest BCUT2D eigenvalue weighted by Crippen LogP contribution is 2.45. The van der Waals surface area contributed by atoms with Crippen LogP contribution in [0.4, 0.5) is 0 Å². The van der Waals surface area contributed by atoms with E-state index in [2.05, 4.69) is 48.5 Å². The number of unbranched alkanes of at least 4 members (excludes halogenated alkanes) is 43. The van der Waals surface area contributed by atoms with Crippen LogP contribution in [0.2, 0.25) is 0 Å². The highest BCUT2D eigenvalue weighted by molar-refractivity contribution is 7.47. The van der Waals surface area contributed by atoms with E-state index in [0.717, 1.165) is 108 Å². The summed E-state index contributed by atoms with van der Waals surface area (Å²) in [6, 6.07) is 0. The van der Waals surface area contributed by atoms with E-state index < -0.39 is 97.5 Å². The van der Waals surface area contributed by atoms with Gasteiger partial charge in [-0.05, 0) is 43.4 Å². The van der Waals surface area contributed by atoms with Crippen molar-refractivity contribution < 1.29 is 80.2 Å². The zero-order valence-corrected chi connectivity index (χ0v) is 65.3. The van der Waals surface area contributed by atoms with E-state index in [-0.39, 0.29) is 25.7 Å². The lowest BCUT2D eigenvalue weighted by atomic mass is 9.99. The molecule has 0 aliphatic heterocycles. The molecule has 0 aliphatic rings. The van der Waals surface area contributed by atoms with Gasteiger partial charge in [-0.2, -0.15) is 0 Å². The molecule has 17 nitrogen and oxygen atoms in total. The molecule has 97 heavy (non-hydrogen) atoms. The zero-order chi connectivity index (χ0) is 71.6. The second-order valence-electron chi connectivity index (χ2n) is 29.3. The van der Waals surface area contributed by atoms with Crippen LogP contribution in [-0.2, 0) is 65.4 Å². The Morgan fingerprint density at radius 2 is 0.526 bits per heavy atom. The molecule has 0 aromatic carbocycles. The summed E-state index contributed by atoms with van der Waals surface area (Å²) in [5.41, 5.74) is 0. The molecule has 3 N–H and O–H groups in total. The SMILES string of the molecule is CCCCCCCCCCCCCCCCCCCC(=O)OC[C@H](COP(=O)(O)OC[C@@H](O)COP(=O)(O)OC[C@@H](COC(=O)CCCCCCCCC(C)C)OC(=O)CCCCCCCCCCCCC(C)CC)OC(=O)CCCCCCCCCCCCCCCCC(C)C. The highest BCUT2D eigenvalue weighted by Gasteiger charge is 2.30. The number of hydrogen-bond acceptors (Lipinski definition) is 15. The maximum absolute atomic E-state index is 13.1. The summed E-state index contributed by atoms with van der Waals surface area (Å²) in [7, 11) is -9.92. The minimum Gasteiger partial charge on any atom is -0.462 e. The number of phosphoric acid groups is 2. The van der Waals surface area contributed by atoms with Crippen LogP contribution in [0.25, 0.3) is 0 Å². The molecule has 0 radical (unpaired) electrons. The van der Waals surface area contributed by atoms with Crippen molar-refractivity contribution in [3.63, 3.8) is 0 Å². The zero-order valence-electron chi connectivity index (χ0n) is 63.5. The molecule has 0 fully saturated rings. The minimum atomic E-state index is -4.96. The summed E-state index contributed by atoms with van der Waals surface area (Å²) in [5, 5.41) is 10.6. The Labute approximate surface area is 594 Å². The van der Waals surface area contributed by atoms with Crippen LogP contribution in [0.15, 0.2) is 0 Å². The number of carbonyl (C=O) groups is 4. The quantitative estimate of drug-likeness (QED) is 0.0222. The average molecular weight is 1420 g/mol. The van der Waals surface area contributed by atoms with Gasteiger partial charge in [-0.1, -0.05) is 350 Å². The first-order valence-electron chi connectivity index (χ1n) is 40.4. The van der Waals surface area contributed by atoms with Gasteiger partial charge in [0.2, 0.25) is 0 Å². The molecule has 0 aliphatic carbocycles. The highest BCUT2D eigenvalue weighted by atomic mass is 31.2. The molecule has 0 heterocycles. The Balaban J connectivity index is 5.24. The molecule has 0 saturated heterocycles. The monoisotopic (exact) mass is 1420 g/mol. The molecule has 0 aromatic rings. The summed E-state index contributed by atoms with van der Waals surface area (Å²) in [4.78, 5) is 72.9. The molecule has 6 atom stereocenters. The molecule has 0 bridgehead atoms. The molecule has 0 spiro atoms. The Bertz CT molecular complexity index is 1890. The Kier molecular flexibility index (Phi) is 67.1. The third kappa shape index (κ3) is 70.9. The summed E-state index contributed by atoms with van der Waals surface area (Å²) >= 11 is 0. The second-order valence-corrected chi connectivity index (χ2v) is 32.2. The fraction of sp³-hybridized carbons (Fsp3) is 0.949. The lowest BCUT2D eigenvalue weighted by Gasteiger charge is -2.21. The standard InChI is InChI=1S/C78H152O17P2/c1-8-10-11-12-13-14-15-16-17-18-19-23-26-32-37-45-52-59-75(80)88-65-73(94-77(82)61-54-47-38-33-27-24-21-20-22-25-30-35-42-49-56-69(3)4)67-92-96(84,85)90-63-72(79)64-91-97(86,87)93-68-74(66-89-76(81)60-53-46-41-40-43-50-57-70(5)6)95-78(83)62-55-48-39-34-29-28-31-36-44-51-58-71(7)9-2/h69-74,79H,8-68H2,1-7H3,(H,84,85)(H,86,87)/t71?,72-,73-,74-/m1/s1. The van der Waals surface area contributed by atoms with Crippen LogP contribution >= 0.6 is 15.6 Å². The third-order valence-electron chi connectivity index (χ3n) is 18.5. The maximum Gasteiger partial charge on any atom is 0.472 e. The van der Waals surface area contributed by atoms with E-state index in [0.29, 0.717) is 31.6 Å². The van der Waals surface area contributed by atoms with Gasteiger partial charge in [-0.3, -0.25) is 37.3 Å². The lowest BCUT2D eigenvalue weighted by molar-refractivity contribution is -0.161. The van der Waals surface area contributed by atoms with Crippen molar-refractivity contribution in [1.82, 2.24) is 0 Å². The number of rotatable bonds is 76. The largest absolute Gasteiger partial charge is 0.472 e. The summed E-state index contributed by atoms with van der Waals surface area (Å²) in [6.07, 6.45) is 55.6. The Hall–Kier alpha value is -1.94. The van der Waals surface area contributed by atoms with Crippen LogP contribution in [0, 0.1) is 17.8 Å². The summed E-state index contributed by atoms with van der Waals surface area (Å²) in [5.74, 6) is 0.161. The van der Waals surface area contributed by atoms with Crippen molar-refractivity contribution in [2.75, 3.05) is 39.6 Å². The Morgan fingerprint density at radius 3 is 0.784 bits per heavy atom. The van der Waals surface area contributed by atoms with Gasteiger partial charge >= 0.3 is 39.5 Å². The Morgan fingerprint density at radius 1 is 0.299 bits per heavy atom. The van der Waals surface area contributed by atoms with Gasteiger partial charge in [0.25, 0.3) is 0 Å². The number of ether oxygens (including phenoxy) is 4. The van der Waals surface area contributed by atoms with Crippen molar-refractivity contribution >= 4 is 39.5 Å². The van der Waals surface area contributed by atoms with Gasteiger partial charge in [0, 0.05) is 25.7 Å². The molecular weight excluding hydrogens is 1270 g/mol. The first-order valence-corrected chi connectivity index (χ1v) is 43.4. The fourth-order valence-electron chi connectivity index (χ4n) is 11.9. The van der Waals surface area contributed by atoms with Crippen LogP contribution in [-0.4, -0.2) is 96.7 Å². The molecule has 0 saturated carbocycles. The van der Waals surface area contributed by atoms with Gasteiger partial charge < -0.3 is 33.8 Å². The van der Waals surface area contributed by atoms with E-state index in [4.69, 9.17) is 37.0 Å². The maximum atomic E-state index is 13.1. The first kappa shape index (κ1) is 95.1. The van der Waals surface area contributed by atoms with Gasteiger partial charge in [-0.25, -0.2) is 9.13 Å². The van der Waals surface area contributed by atoms with Gasteiger partial charge in [-0.15, -0.1) is 0 Å². The number of aliphatic hydroxyl groups is 1. The topological polar surface area (TPSA) is 237 Å². The van der Waals surface area contributed by atoms with Crippen LogP contribution in [0.5, 0.6) is 0 Å². The molecule has 576 valence electrons. The predicted octanol–water partition coefficient (Wildman–Crippen LogP) is 23.0. The van der Waals surface area contributed by atoms with E-state index in [1.54, 1.807) is 0 Å². The van der Waals surface area contributed by atoms with Gasteiger partial charge in [0.15, 0.2) is 12.2 Å². The van der Waals surface area contributed by atoms with Crippen molar-refractivity contribution in [1.29, 1.82) is 0 Å². The minimum absolute atomic E-state index is 0.105. The summed E-state index contributed by atoms with van der Waals surface area (Å²) < 4.78 is 68.6. The number of hydrogen-bond donors (Lipinski definition) is 3. The van der Waals surface area contributed by atoms with Gasteiger partial charge in [0.1, 0.15) is 19.3 Å². The van der Waals surface area contributed by atoms with Crippen molar-refractivity contribution in [3.8, 4) is 0 Å². The first-order chi connectivity index (χ1) is 46.8. The summed E-state index contributed by atoms with van der Waals surface area (Å²) in [6.45, 7) is 11.9. The van der Waals surface area contributed by atoms with Crippen molar-refractivity contribution in [2.24, 2.45) is 17.8 Å². The predicted molar refractivity (Wildman–Crippen MR) is 395 cm³/mol. The normalized spacial score (nSPS) is 14.3. The van der Waals surface area contributed by atoms with Crippen LogP contribution in [0.3, 0.4) is 0 Å². The number of phosphoric ester groups is 2.